The molecule has 4 unspecified atom stereocenters. The number of carbonyl (C=O) groups excluding carboxylic acids is 1. The Morgan fingerprint density at radius 3 is 2.32 bits per heavy atom. The summed E-state index contributed by atoms with van der Waals surface area (Å²) in [5.74, 6) is 0.699. The van der Waals surface area contributed by atoms with Gasteiger partial charge in [0.05, 0.1) is 0 Å². The van der Waals surface area contributed by atoms with E-state index < -0.39 is 0 Å². The van der Waals surface area contributed by atoms with Crippen molar-refractivity contribution in [2.24, 2.45) is 5.92 Å². The van der Waals surface area contributed by atoms with Gasteiger partial charge in [-0.3, -0.25) is 9.69 Å². The topological polar surface area (TPSA) is 23.6 Å². The third-order valence-corrected chi connectivity index (χ3v) is 6.15. The third kappa shape index (κ3) is 2.36. The predicted molar refractivity (Wildman–Crippen MR) is 77.2 cm³/mol. The summed E-state index contributed by atoms with van der Waals surface area (Å²) in [5, 5.41) is 0. The Hall–Kier alpha value is -0.410. The normalized spacial score (nSPS) is 45.4. The van der Waals surface area contributed by atoms with Crippen LogP contribution in [0.1, 0.15) is 52.4 Å². The molecule has 2 bridgehead atoms. The summed E-state index contributed by atoms with van der Waals surface area (Å²) in [5.41, 5.74) is 0. The number of hydrogen-bond donors (Lipinski definition) is 0. The van der Waals surface area contributed by atoms with Crippen LogP contribution in [0.5, 0.6) is 0 Å². The van der Waals surface area contributed by atoms with Gasteiger partial charge in [-0.25, -0.2) is 0 Å². The number of likely N-dealkylation sites (tertiary alicyclic amines) is 1. The molecule has 3 nitrogen and oxygen atoms in total. The smallest absolute Gasteiger partial charge is 0.138 e. The maximum Gasteiger partial charge on any atom is 0.138 e. The van der Waals surface area contributed by atoms with Gasteiger partial charge >= 0.3 is 0 Å². The minimum Gasteiger partial charge on any atom is -0.300 e. The zero-order chi connectivity index (χ0) is 13.6. The summed E-state index contributed by atoms with van der Waals surface area (Å²) < 4.78 is 0. The van der Waals surface area contributed by atoms with Crippen molar-refractivity contribution in [3.8, 4) is 0 Å². The second-order valence-electron chi connectivity index (χ2n) is 7.01. The first kappa shape index (κ1) is 13.6. The van der Waals surface area contributed by atoms with Crippen LogP contribution in [0.2, 0.25) is 0 Å². The maximum absolute atomic E-state index is 11.8. The van der Waals surface area contributed by atoms with Gasteiger partial charge in [-0.2, -0.15) is 0 Å². The quantitative estimate of drug-likeness (QED) is 0.726. The standard InChI is InChI=1S/C16H28N2O/c1-11-12(2)18(8-7-16(11)19)15-9-13-5-4-6-14(10-15)17(13)3/h11-15H,4-10H2,1-3H3. The number of nitrogens with zero attached hydrogens (tertiary/aromatic N) is 2. The molecule has 19 heavy (non-hydrogen) atoms. The third-order valence-electron chi connectivity index (χ3n) is 6.15. The molecule has 108 valence electrons. The van der Waals surface area contributed by atoms with Crippen molar-refractivity contribution in [2.75, 3.05) is 13.6 Å². The van der Waals surface area contributed by atoms with E-state index in [0.29, 0.717) is 11.8 Å². The molecule has 0 saturated carbocycles. The largest absolute Gasteiger partial charge is 0.300 e. The summed E-state index contributed by atoms with van der Waals surface area (Å²) in [6, 6.07) is 2.74. The van der Waals surface area contributed by atoms with Gasteiger partial charge in [0, 0.05) is 43.1 Å². The number of Topliss-reactive ketones (excluding diaryl/α,β-unsaturated/α-hetero) is 1. The Bertz CT molecular complexity index is 343. The predicted octanol–water partition coefficient (Wildman–Crippen LogP) is 2.30. The number of carbonyl (C=O) groups is 1. The lowest BCUT2D eigenvalue weighted by Gasteiger charge is -2.52. The van der Waals surface area contributed by atoms with Crippen LogP contribution >= 0.6 is 0 Å². The van der Waals surface area contributed by atoms with Gasteiger partial charge in [0.2, 0.25) is 0 Å². The zero-order valence-electron chi connectivity index (χ0n) is 12.6. The number of rotatable bonds is 1. The minimum absolute atomic E-state index is 0.230. The summed E-state index contributed by atoms with van der Waals surface area (Å²) >= 11 is 0. The average molecular weight is 264 g/mol. The summed E-state index contributed by atoms with van der Waals surface area (Å²) in [6.45, 7) is 5.38. The fourth-order valence-electron chi connectivity index (χ4n) is 4.60. The van der Waals surface area contributed by atoms with E-state index in [-0.39, 0.29) is 5.92 Å². The Kier molecular flexibility index (Phi) is 3.69. The van der Waals surface area contributed by atoms with Gasteiger partial charge in [0.25, 0.3) is 0 Å². The van der Waals surface area contributed by atoms with Crippen LogP contribution in [-0.4, -0.2) is 53.3 Å². The Morgan fingerprint density at radius 1 is 1.05 bits per heavy atom. The molecule has 0 aromatic heterocycles. The second-order valence-corrected chi connectivity index (χ2v) is 7.01. The Labute approximate surface area is 117 Å². The monoisotopic (exact) mass is 264 g/mol. The summed E-state index contributed by atoms with van der Waals surface area (Å²) in [7, 11) is 2.32. The molecule has 3 aliphatic heterocycles. The first-order valence-corrected chi connectivity index (χ1v) is 8.08. The van der Waals surface area contributed by atoms with E-state index >= 15 is 0 Å². The van der Waals surface area contributed by atoms with Gasteiger partial charge in [-0.1, -0.05) is 13.3 Å². The molecule has 3 heteroatoms. The molecule has 3 saturated heterocycles. The van der Waals surface area contributed by atoms with E-state index in [1.165, 1.54) is 32.1 Å². The molecule has 3 fully saturated rings. The molecule has 0 amide bonds. The maximum atomic E-state index is 11.8. The molecule has 4 atom stereocenters. The highest BCUT2D eigenvalue weighted by atomic mass is 16.1. The molecular formula is C16H28N2O. The minimum atomic E-state index is 0.230. The van der Waals surface area contributed by atoms with Gasteiger partial charge in [-0.15, -0.1) is 0 Å². The summed E-state index contributed by atoms with van der Waals surface area (Å²) in [6.07, 6.45) is 7.57. The SMILES string of the molecule is CC1C(=O)CCN(C2CC3CCCC(C2)N3C)C1C. The van der Waals surface area contributed by atoms with E-state index in [4.69, 9.17) is 0 Å². The highest BCUT2D eigenvalue weighted by molar-refractivity contribution is 5.82. The van der Waals surface area contributed by atoms with Gasteiger partial charge in [0.15, 0.2) is 0 Å². The van der Waals surface area contributed by atoms with Crippen LogP contribution in [0.3, 0.4) is 0 Å². The van der Waals surface area contributed by atoms with Crippen LogP contribution in [-0.2, 0) is 4.79 Å². The van der Waals surface area contributed by atoms with Gasteiger partial charge < -0.3 is 4.90 Å². The molecule has 0 spiro atoms. The lowest BCUT2D eigenvalue weighted by molar-refractivity contribution is -0.130. The Morgan fingerprint density at radius 2 is 1.68 bits per heavy atom. The van der Waals surface area contributed by atoms with Crippen molar-refractivity contribution >= 4 is 5.78 Å². The van der Waals surface area contributed by atoms with E-state index in [1.54, 1.807) is 0 Å². The summed E-state index contributed by atoms with van der Waals surface area (Å²) in [4.78, 5) is 17.1. The molecule has 0 aromatic rings. The van der Waals surface area contributed by atoms with E-state index in [0.717, 1.165) is 31.1 Å². The molecule has 0 radical (unpaired) electrons. The fraction of sp³-hybridized carbons (Fsp3) is 0.938. The highest BCUT2D eigenvalue weighted by Gasteiger charge is 2.41. The number of piperidine rings is 3. The van der Waals surface area contributed by atoms with E-state index in [2.05, 4.69) is 30.7 Å². The van der Waals surface area contributed by atoms with Gasteiger partial charge in [0.1, 0.15) is 5.78 Å². The van der Waals surface area contributed by atoms with Crippen molar-refractivity contribution < 1.29 is 4.79 Å². The number of hydrogen-bond acceptors (Lipinski definition) is 3. The van der Waals surface area contributed by atoms with Crippen LogP contribution in [0.25, 0.3) is 0 Å². The molecule has 0 aliphatic carbocycles. The highest BCUT2D eigenvalue weighted by Crippen LogP contribution is 2.37. The van der Waals surface area contributed by atoms with Crippen molar-refractivity contribution in [1.29, 1.82) is 0 Å². The molecule has 3 aliphatic rings. The van der Waals surface area contributed by atoms with Crippen molar-refractivity contribution in [3.05, 3.63) is 0 Å². The first-order valence-electron chi connectivity index (χ1n) is 8.08. The number of fused-ring (bicyclic) bond motifs is 2. The van der Waals surface area contributed by atoms with Crippen molar-refractivity contribution in [3.63, 3.8) is 0 Å². The lowest BCUT2D eigenvalue weighted by atomic mass is 9.79. The van der Waals surface area contributed by atoms with Gasteiger partial charge in [-0.05, 0) is 39.7 Å². The molecular weight excluding hydrogens is 236 g/mol. The van der Waals surface area contributed by atoms with Crippen LogP contribution in [0.4, 0.5) is 0 Å². The van der Waals surface area contributed by atoms with Crippen LogP contribution in [0.15, 0.2) is 0 Å². The molecule has 0 N–H and O–H groups in total. The molecule has 0 aromatic carbocycles. The lowest BCUT2D eigenvalue weighted by Crippen LogP contribution is -2.59. The van der Waals surface area contributed by atoms with Crippen LogP contribution < -0.4 is 0 Å². The van der Waals surface area contributed by atoms with E-state index in [1.807, 2.05) is 0 Å². The molecule has 3 rings (SSSR count). The zero-order valence-corrected chi connectivity index (χ0v) is 12.6. The Balaban J connectivity index is 1.71. The fourth-order valence-corrected chi connectivity index (χ4v) is 4.60. The van der Waals surface area contributed by atoms with E-state index in [9.17, 15) is 4.79 Å². The average Bonchev–Trinajstić information content (AvgIpc) is 2.36. The number of ketones is 1. The second kappa shape index (κ2) is 5.17. The van der Waals surface area contributed by atoms with Crippen molar-refractivity contribution in [1.82, 2.24) is 9.80 Å². The van der Waals surface area contributed by atoms with Crippen LogP contribution in [0, 0.1) is 5.92 Å². The first-order chi connectivity index (χ1) is 9.08. The van der Waals surface area contributed by atoms with Crippen molar-refractivity contribution in [2.45, 2.75) is 76.5 Å². The molecule has 3 heterocycles.